The molecule has 2 rings (SSSR count). The SMILES string of the molecule is Cc1cnc(C(O)c2cccc(Br)c2F)c(C)c1. The Kier molecular flexibility index (Phi) is 3.78. The lowest BCUT2D eigenvalue weighted by Crippen LogP contribution is -2.07. The minimum atomic E-state index is -1.05. The Hall–Kier alpha value is -1.26. The zero-order chi connectivity index (χ0) is 13.3. The third-order valence-corrected chi connectivity index (χ3v) is 3.40. The maximum Gasteiger partial charge on any atom is 0.143 e. The van der Waals surface area contributed by atoms with Crippen LogP contribution in [0.1, 0.15) is 28.5 Å². The quantitative estimate of drug-likeness (QED) is 0.918. The van der Waals surface area contributed by atoms with Gasteiger partial charge in [-0.2, -0.15) is 0 Å². The van der Waals surface area contributed by atoms with E-state index in [1.807, 2.05) is 19.9 Å². The second-order valence-corrected chi connectivity index (χ2v) is 5.11. The summed E-state index contributed by atoms with van der Waals surface area (Å²) in [5.41, 5.74) is 2.57. The highest BCUT2D eigenvalue weighted by atomic mass is 79.9. The predicted octanol–water partition coefficient (Wildman–Crippen LogP) is 3.68. The van der Waals surface area contributed by atoms with E-state index in [4.69, 9.17) is 0 Å². The van der Waals surface area contributed by atoms with Crippen LogP contribution in [0.5, 0.6) is 0 Å². The number of aryl methyl sites for hydroxylation is 2. The Morgan fingerprint density at radius 3 is 2.72 bits per heavy atom. The van der Waals surface area contributed by atoms with Crippen molar-refractivity contribution in [2.45, 2.75) is 20.0 Å². The van der Waals surface area contributed by atoms with Gasteiger partial charge in [-0.3, -0.25) is 4.98 Å². The first kappa shape index (κ1) is 13.2. The van der Waals surface area contributed by atoms with Crippen molar-refractivity contribution >= 4 is 15.9 Å². The topological polar surface area (TPSA) is 33.1 Å². The number of aromatic nitrogens is 1. The average molecular weight is 310 g/mol. The van der Waals surface area contributed by atoms with Crippen LogP contribution in [0, 0.1) is 19.7 Å². The van der Waals surface area contributed by atoms with Gasteiger partial charge in [-0.1, -0.05) is 18.2 Å². The fourth-order valence-corrected chi connectivity index (χ4v) is 2.27. The van der Waals surface area contributed by atoms with E-state index in [9.17, 15) is 9.50 Å². The molecule has 0 saturated heterocycles. The molecular formula is C14H13BrFNO. The summed E-state index contributed by atoms with van der Waals surface area (Å²) in [6.07, 6.45) is 0.615. The van der Waals surface area contributed by atoms with Gasteiger partial charge in [-0.25, -0.2) is 4.39 Å². The van der Waals surface area contributed by atoms with E-state index in [0.717, 1.165) is 11.1 Å². The molecule has 1 heterocycles. The highest BCUT2D eigenvalue weighted by Crippen LogP contribution is 2.28. The van der Waals surface area contributed by atoms with Crippen LogP contribution in [0.4, 0.5) is 4.39 Å². The number of aliphatic hydroxyl groups is 1. The lowest BCUT2D eigenvalue weighted by Gasteiger charge is -2.14. The molecule has 1 aromatic carbocycles. The second-order valence-electron chi connectivity index (χ2n) is 4.26. The summed E-state index contributed by atoms with van der Waals surface area (Å²) >= 11 is 3.11. The van der Waals surface area contributed by atoms with E-state index in [0.29, 0.717) is 10.2 Å². The number of rotatable bonds is 2. The summed E-state index contributed by atoms with van der Waals surface area (Å²) in [7, 11) is 0. The van der Waals surface area contributed by atoms with Crippen molar-refractivity contribution in [2.75, 3.05) is 0 Å². The Balaban J connectivity index is 2.48. The van der Waals surface area contributed by atoms with Crippen LogP contribution in [0.2, 0.25) is 0 Å². The Bertz CT molecular complexity index is 586. The third kappa shape index (κ3) is 2.44. The summed E-state index contributed by atoms with van der Waals surface area (Å²) in [6.45, 7) is 3.78. The van der Waals surface area contributed by atoms with Crippen LogP contribution >= 0.6 is 15.9 Å². The first-order valence-electron chi connectivity index (χ1n) is 5.56. The van der Waals surface area contributed by atoms with Gasteiger partial charge in [0.2, 0.25) is 0 Å². The molecule has 1 N–H and O–H groups in total. The maximum absolute atomic E-state index is 13.9. The van der Waals surface area contributed by atoms with Crippen molar-refractivity contribution in [2.24, 2.45) is 0 Å². The molecule has 0 aliphatic heterocycles. The number of aliphatic hydroxyl groups excluding tert-OH is 1. The minimum Gasteiger partial charge on any atom is -0.382 e. The van der Waals surface area contributed by atoms with Gasteiger partial charge in [0.15, 0.2) is 0 Å². The molecule has 1 aromatic heterocycles. The van der Waals surface area contributed by atoms with E-state index in [-0.39, 0.29) is 5.56 Å². The summed E-state index contributed by atoms with van der Waals surface area (Å²) in [6, 6.07) is 6.77. The van der Waals surface area contributed by atoms with Crippen LogP contribution < -0.4 is 0 Å². The lowest BCUT2D eigenvalue weighted by atomic mass is 10.0. The average Bonchev–Trinajstić information content (AvgIpc) is 2.32. The van der Waals surface area contributed by atoms with Gasteiger partial charge in [0.25, 0.3) is 0 Å². The Morgan fingerprint density at radius 2 is 2.06 bits per heavy atom. The molecule has 0 aliphatic carbocycles. The Morgan fingerprint density at radius 1 is 1.33 bits per heavy atom. The molecule has 4 heteroatoms. The molecule has 0 radical (unpaired) electrons. The molecule has 2 aromatic rings. The van der Waals surface area contributed by atoms with Crippen molar-refractivity contribution in [1.29, 1.82) is 0 Å². The molecule has 94 valence electrons. The summed E-state index contributed by atoms with van der Waals surface area (Å²) in [5, 5.41) is 10.2. The van der Waals surface area contributed by atoms with Crippen LogP contribution in [0.25, 0.3) is 0 Å². The zero-order valence-corrected chi connectivity index (χ0v) is 11.7. The van der Waals surface area contributed by atoms with E-state index >= 15 is 0 Å². The number of pyridine rings is 1. The van der Waals surface area contributed by atoms with Gasteiger partial charge < -0.3 is 5.11 Å². The molecule has 1 unspecified atom stereocenters. The van der Waals surface area contributed by atoms with E-state index in [1.54, 1.807) is 24.4 Å². The fourth-order valence-electron chi connectivity index (χ4n) is 1.89. The normalized spacial score (nSPS) is 12.5. The number of hydrogen-bond acceptors (Lipinski definition) is 2. The molecule has 2 nitrogen and oxygen atoms in total. The van der Waals surface area contributed by atoms with Gasteiger partial charge in [0.1, 0.15) is 11.9 Å². The molecular weight excluding hydrogens is 297 g/mol. The summed E-state index contributed by atoms with van der Waals surface area (Å²) < 4.78 is 14.3. The molecule has 0 amide bonds. The maximum atomic E-state index is 13.9. The standard InChI is InChI=1S/C14H13BrFNO/c1-8-6-9(2)13(17-7-8)14(18)10-4-3-5-11(15)12(10)16/h3-7,14,18H,1-2H3. The van der Waals surface area contributed by atoms with Gasteiger partial charge >= 0.3 is 0 Å². The predicted molar refractivity (Wildman–Crippen MR) is 71.9 cm³/mol. The van der Waals surface area contributed by atoms with E-state index in [1.165, 1.54) is 0 Å². The molecule has 18 heavy (non-hydrogen) atoms. The number of benzene rings is 1. The van der Waals surface area contributed by atoms with Gasteiger partial charge in [0.05, 0.1) is 10.2 Å². The zero-order valence-electron chi connectivity index (χ0n) is 10.1. The van der Waals surface area contributed by atoms with Crippen molar-refractivity contribution in [3.63, 3.8) is 0 Å². The molecule has 0 spiro atoms. The molecule has 1 atom stereocenters. The van der Waals surface area contributed by atoms with E-state index < -0.39 is 11.9 Å². The lowest BCUT2D eigenvalue weighted by molar-refractivity contribution is 0.209. The first-order valence-corrected chi connectivity index (χ1v) is 6.35. The highest BCUT2D eigenvalue weighted by molar-refractivity contribution is 9.10. The molecule has 0 fully saturated rings. The molecule has 0 bridgehead atoms. The minimum absolute atomic E-state index is 0.226. The van der Waals surface area contributed by atoms with Crippen molar-refractivity contribution in [1.82, 2.24) is 4.98 Å². The third-order valence-electron chi connectivity index (χ3n) is 2.79. The van der Waals surface area contributed by atoms with Crippen molar-refractivity contribution < 1.29 is 9.50 Å². The monoisotopic (exact) mass is 309 g/mol. The first-order chi connectivity index (χ1) is 8.50. The van der Waals surface area contributed by atoms with E-state index in [2.05, 4.69) is 20.9 Å². The number of halogens is 2. The molecule has 0 saturated carbocycles. The number of hydrogen-bond donors (Lipinski definition) is 1. The summed E-state index contributed by atoms with van der Waals surface area (Å²) in [5.74, 6) is -0.452. The van der Waals surface area contributed by atoms with Gasteiger partial charge in [-0.15, -0.1) is 0 Å². The highest BCUT2D eigenvalue weighted by Gasteiger charge is 2.19. The van der Waals surface area contributed by atoms with Crippen LogP contribution in [-0.2, 0) is 0 Å². The van der Waals surface area contributed by atoms with Gasteiger partial charge in [-0.05, 0) is 47.0 Å². The largest absolute Gasteiger partial charge is 0.382 e. The van der Waals surface area contributed by atoms with Gasteiger partial charge in [0, 0.05) is 11.8 Å². The van der Waals surface area contributed by atoms with Crippen LogP contribution in [0.3, 0.4) is 0 Å². The fraction of sp³-hybridized carbons (Fsp3) is 0.214. The Labute approximate surface area is 114 Å². The van der Waals surface area contributed by atoms with Crippen molar-refractivity contribution in [3.8, 4) is 0 Å². The molecule has 0 aliphatic rings. The van der Waals surface area contributed by atoms with Crippen LogP contribution in [-0.4, -0.2) is 10.1 Å². The van der Waals surface area contributed by atoms with Crippen molar-refractivity contribution in [3.05, 3.63) is 63.1 Å². The van der Waals surface area contributed by atoms with Crippen LogP contribution in [0.15, 0.2) is 34.9 Å². The summed E-state index contributed by atoms with van der Waals surface area (Å²) in [4.78, 5) is 4.19. The smallest absolute Gasteiger partial charge is 0.143 e. The number of nitrogens with zero attached hydrogens (tertiary/aromatic N) is 1. The second kappa shape index (κ2) is 5.16.